The lowest BCUT2D eigenvalue weighted by atomic mass is 10.0. The highest BCUT2D eigenvalue weighted by Crippen LogP contribution is 2.27. The van der Waals surface area contributed by atoms with Gasteiger partial charge in [-0.3, -0.25) is 9.62 Å². The van der Waals surface area contributed by atoms with Gasteiger partial charge in [-0.25, -0.2) is 9.00 Å². The number of piperazine rings is 1. The number of nitrogens with one attached hydrogen (secondary N) is 1. The van der Waals surface area contributed by atoms with E-state index in [1.807, 2.05) is 4.90 Å². The van der Waals surface area contributed by atoms with Crippen LogP contribution < -0.4 is 9.62 Å². The molecule has 1 N–H and O–H groups in total. The van der Waals surface area contributed by atoms with Gasteiger partial charge in [-0.05, 0) is 49.2 Å². The molecule has 1 aromatic carbocycles. The van der Waals surface area contributed by atoms with Crippen molar-refractivity contribution in [3.63, 3.8) is 0 Å². The zero-order chi connectivity index (χ0) is 22.7. The third kappa shape index (κ3) is 5.63. The Morgan fingerprint density at radius 3 is 2.50 bits per heavy atom. The van der Waals surface area contributed by atoms with Gasteiger partial charge in [0.1, 0.15) is 0 Å². The second-order valence-corrected chi connectivity index (χ2v) is 11.2. The molecule has 2 aliphatic heterocycles. The predicted octanol–water partition coefficient (Wildman–Crippen LogP) is 2.64. The number of anilines is 2. The van der Waals surface area contributed by atoms with Crippen LogP contribution in [0.15, 0.2) is 30.5 Å². The second-order valence-electron chi connectivity index (χ2n) is 8.98. The summed E-state index contributed by atoms with van der Waals surface area (Å²) in [5.41, 5.74) is 4.05. The van der Waals surface area contributed by atoms with Crippen LogP contribution in [0.1, 0.15) is 30.4 Å². The second kappa shape index (κ2) is 9.54. The SMILES string of the molecule is C=S(C)(=O)Nc1ccn(C(=O)N2CCN(Cc3ccc(C)cc3N3CCCCC3)CC2)n1. The third-order valence-corrected chi connectivity index (χ3v) is 6.72. The number of hydrogen-bond acceptors (Lipinski definition) is 5. The Hall–Kier alpha value is -2.52. The van der Waals surface area contributed by atoms with Gasteiger partial charge in [-0.1, -0.05) is 12.1 Å². The maximum Gasteiger partial charge on any atom is 0.344 e. The highest BCUT2D eigenvalue weighted by atomic mass is 32.2. The first kappa shape index (κ1) is 22.7. The molecule has 0 spiro atoms. The summed E-state index contributed by atoms with van der Waals surface area (Å²) in [6.45, 7) is 8.31. The normalized spacial score (nSPS) is 19.6. The van der Waals surface area contributed by atoms with Crippen LogP contribution in [-0.2, 0) is 16.3 Å². The molecule has 8 nitrogen and oxygen atoms in total. The first-order valence-electron chi connectivity index (χ1n) is 11.3. The molecule has 2 aliphatic rings. The summed E-state index contributed by atoms with van der Waals surface area (Å²) >= 11 is 0. The number of amides is 1. The largest absolute Gasteiger partial charge is 0.371 e. The summed E-state index contributed by atoms with van der Waals surface area (Å²) in [6.07, 6.45) is 6.96. The number of aromatic nitrogens is 2. The molecule has 3 heterocycles. The predicted molar refractivity (Wildman–Crippen MR) is 132 cm³/mol. The van der Waals surface area contributed by atoms with Crippen molar-refractivity contribution in [1.29, 1.82) is 0 Å². The van der Waals surface area contributed by atoms with Crippen LogP contribution in [0.5, 0.6) is 0 Å². The first-order chi connectivity index (χ1) is 15.3. The number of hydrogen-bond donors (Lipinski definition) is 1. The summed E-state index contributed by atoms with van der Waals surface area (Å²) in [5, 5.41) is 4.21. The molecule has 1 unspecified atom stereocenters. The summed E-state index contributed by atoms with van der Waals surface area (Å²) in [7, 11) is -2.43. The van der Waals surface area contributed by atoms with Gasteiger partial charge in [0.25, 0.3) is 0 Å². The third-order valence-electron chi connectivity index (χ3n) is 6.08. The Bertz CT molecular complexity index is 1050. The van der Waals surface area contributed by atoms with E-state index < -0.39 is 9.71 Å². The Morgan fingerprint density at radius 1 is 1.09 bits per heavy atom. The lowest BCUT2D eigenvalue weighted by molar-refractivity contribution is 0.134. The molecule has 2 saturated heterocycles. The van der Waals surface area contributed by atoms with Crippen LogP contribution in [0, 0.1) is 6.92 Å². The Labute approximate surface area is 191 Å². The molecule has 0 bridgehead atoms. The standard InChI is InChI=1S/C23H34N6O2S/c1-19-7-8-20(21(17-19)27-10-5-4-6-11-27)18-26-13-15-28(16-14-26)23(30)29-12-9-22(24-29)25-32(2,3)31/h7-9,12,17H,2,4-6,10-11,13-16,18H2,1,3H3,(H,24,25,31). The fourth-order valence-corrected chi connectivity index (χ4v) is 4.98. The van der Waals surface area contributed by atoms with Crippen molar-refractivity contribution in [3.8, 4) is 0 Å². The van der Waals surface area contributed by atoms with Crippen molar-refractivity contribution in [3.05, 3.63) is 41.6 Å². The van der Waals surface area contributed by atoms with Gasteiger partial charge in [-0.2, -0.15) is 4.68 Å². The molecule has 4 rings (SSSR count). The number of benzene rings is 1. The van der Waals surface area contributed by atoms with Gasteiger partial charge in [0.15, 0.2) is 5.82 Å². The molecule has 1 amide bonds. The minimum Gasteiger partial charge on any atom is -0.371 e. The van der Waals surface area contributed by atoms with Gasteiger partial charge in [0.2, 0.25) is 0 Å². The van der Waals surface area contributed by atoms with E-state index in [9.17, 15) is 9.00 Å². The summed E-state index contributed by atoms with van der Waals surface area (Å²) in [4.78, 5) is 19.6. The van der Waals surface area contributed by atoms with Crippen molar-refractivity contribution in [2.24, 2.45) is 0 Å². The van der Waals surface area contributed by atoms with Crippen LogP contribution in [0.25, 0.3) is 0 Å². The zero-order valence-corrected chi connectivity index (χ0v) is 19.9. The monoisotopic (exact) mass is 458 g/mol. The van der Waals surface area contributed by atoms with Gasteiger partial charge in [-0.15, -0.1) is 5.10 Å². The van der Waals surface area contributed by atoms with Crippen LogP contribution in [0.2, 0.25) is 0 Å². The first-order valence-corrected chi connectivity index (χ1v) is 13.4. The van der Waals surface area contributed by atoms with Crippen LogP contribution in [0.4, 0.5) is 16.3 Å². The molecule has 9 heteroatoms. The Kier molecular flexibility index (Phi) is 6.76. The highest BCUT2D eigenvalue weighted by Gasteiger charge is 2.24. The lowest BCUT2D eigenvalue weighted by Crippen LogP contribution is -2.49. The van der Waals surface area contributed by atoms with Gasteiger partial charge >= 0.3 is 6.03 Å². The van der Waals surface area contributed by atoms with Crippen molar-refractivity contribution < 1.29 is 9.00 Å². The Morgan fingerprint density at radius 2 is 1.81 bits per heavy atom. The minimum atomic E-state index is -2.43. The van der Waals surface area contributed by atoms with E-state index in [0.717, 1.165) is 32.7 Å². The maximum absolute atomic E-state index is 12.8. The van der Waals surface area contributed by atoms with Crippen molar-refractivity contribution in [2.45, 2.75) is 32.7 Å². The Balaban J connectivity index is 1.36. The van der Waals surface area contributed by atoms with Gasteiger partial charge in [0, 0.05) is 79.7 Å². The van der Waals surface area contributed by atoms with E-state index in [-0.39, 0.29) is 6.03 Å². The van der Waals surface area contributed by atoms with Gasteiger partial charge < -0.3 is 9.80 Å². The van der Waals surface area contributed by atoms with E-state index in [1.165, 1.54) is 47.0 Å². The number of carbonyl (C=O) groups excluding carboxylic acids is 1. The number of nitrogens with zero attached hydrogens (tertiary/aromatic N) is 5. The molecule has 0 saturated carbocycles. The number of rotatable bonds is 5. The van der Waals surface area contributed by atoms with Crippen molar-refractivity contribution >= 4 is 33.1 Å². The maximum atomic E-state index is 12.8. The number of carbonyl (C=O) groups is 1. The molecule has 0 radical (unpaired) electrons. The van der Waals surface area contributed by atoms with E-state index in [0.29, 0.717) is 18.9 Å². The highest BCUT2D eigenvalue weighted by molar-refractivity contribution is 8.00. The van der Waals surface area contributed by atoms with Crippen LogP contribution in [-0.4, -0.2) is 81.2 Å². The minimum absolute atomic E-state index is 0.159. The molecular weight excluding hydrogens is 424 g/mol. The summed E-state index contributed by atoms with van der Waals surface area (Å²) in [5.74, 6) is 3.95. The van der Waals surface area contributed by atoms with E-state index >= 15 is 0 Å². The van der Waals surface area contributed by atoms with E-state index in [1.54, 1.807) is 12.3 Å². The van der Waals surface area contributed by atoms with E-state index in [4.69, 9.17) is 0 Å². The summed E-state index contributed by atoms with van der Waals surface area (Å²) in [6, 6.07) is 8.27. The molecule has 174 valence electrons. The molecule has 2 fully saturated rings. The zero-order valence-electron chi connectivity index (χ0n) is 19.1. The van der Waals surface area contributed by atoms with Crippen LogP contribution >= 0.6 is 0 Å². The lowest BCUT2D eigenvalue weighted by Gasteiger charge is -2.36. The van der Waals surface area contributed by atoms with Gasteiger partial charge in [0.05, 0.1) is 0 Å². The fraction of sp³-hybridized carbons (Fsp3) is 0.522. The number of aryl methyl sites for hydroxylation is 1. The smallest absolute Gasteiger partial charge is 0.344 e. The number of piperidine rings is 1. The molecule has 1 atom stereocenters. The topological polar surface area (TPSA) is 73.7 Å². The van der Waals surface area contributed by atoms with Crippen molar-refractivity contribution in [2.75, 3.05) is 55.1 Å². The average molecular weight is 459 g/mol. The van der Waals surface area contributed by atoms with Crippen molar-refractivity contribution in [1.82, 2.24) is 19.6 Å². The molecule has 0 aliphatic carbocycles. The molecular formula is C23H34N6O2S. The molecule has 2 aromatic rings. The fourth-order valence-electron chi connectivity index (χ4n) is 4.43. The van der Waals surface area contributed by atoms with E-state index in [2.05, 4.69) is 50.6 Å². The van der Waals surface area contributed by atoms with Crippen LogP contribution in [0.3, 0.4) is 0 Å². The molecule has 1 aromatic heterocycles. The molecule has 32 heavy (non-hydrogen) atoms. The summed E-state index contributed by atoms with van der Waals surface area (Å²) < 4.78 is 15.8. The quantitative estimate of drug-likeness (QED) is 0.698. The average Bonchev–Trinajstić information content (AvgIpc) is 3.22.